The number of hydrogen-bond donors (Lipinski definition) is 2. The molecule has 5 heteroatoms. The summed E-state index contributed by atoms with van der Waals surface area (Å²) in [6, 6.07) is 5.14. The number of aliphatic hydroxyl groups excluding tert-OH is 1. The monoisotopic (exact) mass is 289 g/mol. The van der Waals surface area contributed by atoms with Gasteiger partial charge in [0.15, 0.2) is 0 Å². The third-order valence-electron chi connectivity index (χ3n) is 2.57. The standard InChI is InChI=1S/C13H17Cl2NO2/c1-9(3-2-6-17)16-13(18)7-10-4-5-11(14)8-12(10)15/h4-5,8-9,17H,2-3,6-7H2,1H3,(H,16,18). The lowest BCUT2D eigenvalue weighted by Crippen LogP contribution is -2.33. The van der Waals surface area contributed by atoms with Gasteiger partial charge in [-0.1, -0.05) is 29.3 Å². The van der Waals surface area contributed by atoms with E-state index in [4.69, 9.17) is 28.3 Å². The van der Waals surface area contributed by atoms with Crippen molar-refractivity contribution in [1.82, 2.24) is 5.32 Å². The topological polar surface area (TPSA) is 49.3 Å². The van der Waals surface area contributed by atoms with Gasteiger partial charge in [0.2, 0.25) is 5.91 Å². The third kappa shape index (κ3) is 5.25. The summed E-state index contributed by atoms with van der Waals surface area (Å²) in [5.74, 6) is -0.0790. The van der Waals surface area contributed by atoms with Gasteiger partial charge < -0.3 is 10.4 Å². The van der Waals surface area contributed by atoms with Crippen LogP contribution in [0.4, 0.5) is 0 Å². The van der Waals surface area contributed by atoms with E-state index < -0.39 is 0 Å². The van der Waals surface area contributed by atoms with Crippen LogP contribution in [-0.4, -0.2) is 23.7 Å². The van der Waals surface area contributed by atoms with Crippen molar-refractivity contribution in [2.45, 2.75) is 32.2 Å². The first-order chi connectivity index (χ1) is 8.52. The van der Waals surface area contributed by atoms with E-state index in [0.717, 1.165) is 12.0 Å². The summed E-state index contributed by atoms with van der Waals surface area (Å²) >= 11 is 11.8. The zero-order chi connectivity index (χ0) is 13.5. The molecule has 1 atom stereocenters. The number of nitrogens with one attached hydrogen (secondary N) is 1. The molecule has 1 amide bonds. The van der Waals surface area contributed by atoms with Crippen LogP contribution >= 0.6 is 23.2 Å². The van der Waals surface area contributed by atoms with Crippen LogP contribution in [0.2, 0.25) is 10.0 Å². The molecule has 18 heavy (non-hydrogen) atoms. The maximum absolute atomic E-state index is 11.8. The Bertz CT molecular complexity index is 410. The molecule has 0 radical (unpaired) electrons. The van der Waals surface area contributed by atoms with Gasteiger partial charge in [-0.25, -0.2) is 0 Å². The molecule has 0 heterocycles. The van der Waals surface area contributed by atoms with E-state index in [9.17, 15) is 4.79 Å². The quantitative estimate of drug-likeness (QED) is 0.846. The van der Waals surface area contributed by atoms with Gasteiger partial charge in [-0.3, -0.25) is 4.79 Å². The second-order valence-electron chi connectivity index (χ2n) is 4.25. The molecule has 0 saturated carbocycles. The number of carbonyl (C=O) groups excluding carboxylic acids is 1. The van der Waals surface area contributed by atoms with Crippen LogP contribution in [0, 0.1) is 0 Å². The Balaban J connectivity index is 2.49. The fraction of sp³-hybridized carbons (Fsp3) is 0.462. The number of aliphatic hydroxyl groups is 1. The molecule has 0 fully saturated rings. The van der Waals surface area contributed by atoms with Crippen molar-refractivity contribution in [3.63, 3.8) is 0 Å². The Morgan fingerprint density at radius 2 is 2.17 bits per heavy atom. The number of rotatable bonds is 6. The van der Waals surface area contributed by atoms with Crippen LogP contribution in [0.1, 0.15) is 25.3 Å². The summed E-state index contributed by atoms with van der Waals surface area (Å²) in [7, 11) is 0. The second kappa shape index (κ2) is 7.62. The predicted molar refractivity (Wildman–Crippen MR) is 74.1 cm³/mol. The van der Waals surface area contributed by atoms with E-state index >= 15 is 0 Å². The van der Waals surface area contributed by atoms with E-state index in [-0.39, 0.29) is 25.0 Å². The number of hydrogen-bond acceptors (Lipinski definition) is 2. The van der Waals surface area contributed by atoms with Crippen LogP contribution in [0.15, 0.2) is 18.2 Å². The zero-order valence-electron chi connectivity index (χ0n) is 10.2. The van der Waals surface area contributed by atoms with Crippen molar-refractivity contribution in [2.75, 3.05) is 6.61 Å². The molecule has 1 aromatic carbocycles. The summed E-state index contributed by atoms with van der Waals surface area (Å²) in [5, 5.41) is 12.6. The average Bonchev–Trinajstić information content (AvgIpc) is 2.30. The first-order valence-electron chi connectivity index (χ1n) is 5.87. The molecule has 0 saturated heterocycles. The van der Waals surface area contributed by atoms with Gasteiger partial charge in [0.1, 0.15) is 0 Å². The largest absolute Gasteiger partial charge is 0.396 e. The maximum atomic E-state index is 11.8. The van der Waals surface area contributed by atoms with E-state index in [1.54, 1.807) is 18.2 Å². The smallest absolute Gasteiger partial charge is 0.224 e. The summed E-state index contributed by atoms with van der Waals surface area (Å²) in [6.07, 6.45) is 1.68. The van der Waals surface area contributed by atoms with Crippen LogP contribution in [0.25, 0.3) is 0 Å². The minimum absolute atomic E-state index is 0.0516. The molecule has 100 valence electrons. The average molecular weight is 290 g/mol. The number of benzene rings is 1. The molecule has 3 nitrogen and oxygen atoms in total. The number of halogens is 2. The van der Waals surface area contributed by atoms with Gasteiger partial charge in [-0.05, 0) is 37.5 Å². The summed E-state index contributed by atoms with van der Waals surface area (Å²) in [6.45, 7) is 2.06. The van der Waals surface area contributed by atoms with Crippen molar-refractivity contribution >= 4 is 29.1 Å². The zero-order valence-corrected chi connectivity index (χ0v) is 11.8. The summed E-state index contributed by atoms with van der Waals surface area (Å²) < 4.78 is 0. The lowest BCUT2D eigenvalue weighted by molar-refractivity contribution is -0.121. The summed E-state index contributed by atoms with van der Waals surface area (Å²) in [4.78, 5) is 11.8. The molecule has 0 aromatic heterocycles. The highest BCUT2D eigenvalue weighted by Gasteiger charge is 2.10. The number of carbonyl (C=O) groups is 1. The molecular formula is C13H17Cl2NO2. The first kappa shape index (κ1) is 15.3. The van der Waals surface area contributed by atoms with E-state index in [1.807, 2.05) is 6.92 Å². The summed E-state index contributed by atoms with van der Waals surface area (Å²) in [5.41, 5.74) is 0.757. The predicted octanol–water partition coefficient (Wildman–Crippen LogP) is 2.81. The Morgan fingerprint density at radius 1 is 1.44 bits per heavy atom. The van der Waals surface area contributed by atoms with E-state index in [1.165, 1.54) is 0 Å². The lowest BCUT2D eigenvalue weighted by atomic mass is 10.1. The van der Waals surface area contributed by atoms with Crippen molar-refractivity contribution in [1.29, 1.82) is 0 Å². The minimum Gasteiger partial charge on any atom is -0.396 e. The second-order valence-corrected chi connectivity index (χ2v) is 5.09. The minimum atomic E-state index is -0.0790. The number of amides is 1. The van der Waals surface area contributed by atoms with Gasteiger partial charge in [0, 0.05) is 22.7 Å². The van der Waals surface area contributed by atoms with Crippen molar-refractivity contribution in [2.24, 2.45) is 0 Å². The Hall–Kier alpha value is -0.770. The first-order valence-corrected chi connectivity index (χ1v) is 6.62. The van der Waals surface area contributed by atoms with E-state index in [2.05, 4.69) is 5.32 Å². The molecule has 0 aliphatic carbocycles. The Morgan fingerprint density at radius 3 is 2.78 bits per heavy atom. The highest BCUT2D eigenvalue weighted by Crippen LogP contribution is 2.21. The van der Waals surface area contributed by atoms with Gasteiger partial charge in [-0.2, -0.15) is 0 Å². The van der Waals surface area contributed by atoms with Gasteiger partial charge >= 0.3 is 0 Å². The highest BCUT2D eigenvalue weighted by molar-refractivity contribution is 6.35. The van der Waals surface area contributed by atoms with Gasteiger partial charge in [0.05, 0.1) is 6.42 Å². The fourth-order valence-electron chi connectivity index (χ4n) is 1.63. The molecule has 1 rings (SSSR count). The van der Waals surface area contributed by atoms with Crippen molar-refractivity contribution < 1.29 is 9.90 Å². The molecule has 0 aliphatic rings. The van der Waals surface area contributed by atoms with Crippen molar-refractivity contribution in [3.8, 4) is 0 Å². The lowest BCUT2D eigenvalue weighted by Gasteiger charge is -2.13. The molecular weight excluding hydrogens is 273 g/mol. The highest BCUT2D eigenvalue weighted by atomic mass is 35.5. The SMILES string of the molecule is CC(CCCO)NC(=O)Cc1ccc(Cl)cc1Cl. The van der Waals surface area contributed by atoms with E-state index in [0.29, 0.717) is 16.5 Å². The fourth-order valence-corrected chi connectivity index (χ4v) is 2.11. The van der Waals surface area contributed by atoms with Crippen LogP contribution in [-0.2, 0) is 11.2 Å². The molecule has 0 aliphatic heterocycles. The van der Waals surface area contributed by atoms with Crippen LogP contribution in [0.5, 0.6) is 0 Å². The molecule has 2 N–H and O–H groups in total. The van der Waals surface area contributed by atoms with Gasteiger partial charge in [-0.15, -0.1) is 0 Å². The van der Waals surface area contributed by atoms with Crippen LogP contribution in [0.3, 0.4) is 0 Å². The molecule has 0 bridgehead atoms. The maximum Gasteiger partial charge on any atom is 0.224 e. The normalized spacial score (nSPS) is 12.2. The molecule has 1 unspecified atom stereocenters. The van der Waals surface area contributed by atoms with Crippen molar-refractivity contribution in [3.05, 3.63) is 33.8 Å². The van der Waals surface area contributed by atoms with Crippen LogP contribution < -0.4 is 5.32 Å². The van der Waals surface area contributed by atoms with Gasteiger partial charge in [0.25, 0.3) is 0 Å². The Labute approximate surface area is 117 Å². The third-order valence-corrected chi connectivity index (χ3v) is 3.16. The molecule has 0 spiro atoms. The Kier molecular flexibility index (Phi) is 6.47. The molecule has 1 aromatic rings.